The number of nitrogens with one attached hydrogen (secondary N) is 1. The monoisotopic (exact) mass is 374 g/mol. The Hall–Kier alpha value is -1.15. The van der Waals surface area contributed by atoms with Gasteiger partial charge in [0.05, 0.1) is 13.2 Å². The van der Waals surface area contributed by atoms with E-state index >= 15 is 0 Å². The first-order chi connectivity index (χ1) is 9.13. The molecule has 1 unspecified atom stereocenters. The van der Waals surface area contributed by atoms with Crippen LogP contribution in [0.4, 0.5) is 0 Å². The summed E-state index contributed by atoms with van der Waals surface area (Å²) in [6, 6.07) is 6.76. The van der Waals surface area contributed by atoms with Gasteiger partial charge in [-0.2, -0.15) is 0 Å². The van der Waals surface area contributed by atoms with Crippen LogP contribution >= 0.6 is 22.6 Å². The molecule has 2 rings (SSSR count). The Morgan fingerprint density at radius 2 is 2.05 bits per heavy atom. The van der Waals surface area contributed by atoms with Crippen molar-refractivity contribution in [1.82, 2.24) is 10.2 Å². The molecule has 0 saturated carbocycles. The summed E-state index contributed by atoms with van der Waals surface area (Å²) in [5.41, 5.74) is 0.594. The van der Waals surface area contributed by atoms with Crippen LogP contribution in [0, 0.1) is 3.57 Å². The molecule has 1 fully saturated rings. The van der Waals surface area contributed by atoms with Gasteiger partial charge in [-0.3, -0.25) is 9.59 Å². The third-order valence-electron chi connectivity index (χ3n) is 3.03. The summed E-state index contributed by atoms with van der Waals surface area (Å²) in [5, 5.41) is 2.57. The second-order valence-corrected chi connectivity index (χ2v) is 5.46. The fourth-order valence-electron chi connectivity index (χ4n) is 1.99. The highest BCUT2D eigenvalue weighted by atomic mass is 127. The number of benzene rings is 1. The van der Waals surface area contributed by atoms with E-state index in [1.165, 1.54) is 0 Å². The number of halogens is 1. The maximum absolute atomic E-state index is 12.4. The molecule has 1 N–H and O–H groups in total. The molecule has 0 spiro atoms. The summed E-state index contributed by atoms with van der Waals surface area (Å²) in [7, 11) is 1.56. The van der Waals surface area contributed by atoms with Gasteiger partial charge in [-0.25, -0.2) is 0 Å². The molecule has 102 valence electrons. The Bertz CT molecular complexity index is 475. The quantitative estimate of drug-likeness (QED) is 0.782. The Kier molecular flexibility index (Phi) is 4.76. The van der Waals surface area contributed by atoms with Gasteiger partial charge in [0.15, 0.2) is 0 Å². The first kappa shape index (κ1) is 14.3. The second-order valence-electron chi connectivity index (χ2n) is 4.21. The molecule has 0 aliphatic carbocycles. The van der Waals surface area contributed by atoms with Crippen molar-refractivity contribution >= 4 is 34.4 Å². The fraction of sp³-hybridized carbons (Fsp3) is 0.385. The molecule has 1 heterocycles. The summed E-state index contributed by atoms with van der Waals surface area (Å²) >= 11 is 2.19. The molecule has 1 aliphatic heterocycles. The van der Waals surface area contributed by atoms with Crippen molar-refractivity contribution in [3.63, 3.8) is 0 Å². The van der Waals surface area contributed by atoms with E-state index < -0.39 is 6.04 Å². The number of hydrogen-bond donors (Lipinski definition) is 1. The van der Waals surface area contributed by atoms with Crippen molar-refractivity contribution in [1.29, 1.82) is 0 Å². The van der Waals surface area contributed by atoms with Gasteiger partial charge in [0, 0.05) is 22.7 Å². The Morgan fingerprint density at radius 3 is 2.68 bits per heavy atom. The van der Waals surface area contributed by atoms with Crippen molar-refractivity contribution < 1.29 is 14.3 Å². The van der Waals surface area contributed by atoms with E-state index in [9.17, 15) is 9.59 Å². The zero-order chi connectivity index (χ0) is 13.8. The number of morpholine rings is 1. The third-order valence-corrected chi connectivity index (χ3v) is 3.75. The van der Waals surface area contributed by atoms with Crippen LogP contribution in [0.1, 0.15) is 10.4 Å². The van der Waals surface area contributed by atoms with Gasteiger partial charge in [-0.15, -0.1) is 0 Å². The standard InChI is InChI=1S/C13H15IN2O3/c1-15-12(17)11-8-19-7-6-16(11)13(18)9-2-4-10(14)5-3-9/h2-5,11H,6-8H2,1H3,(H,15,17). The van der Waals surface area contributed by atoms with Crippen molar-refractivity contribution in [3.05, 3.63) is 33.4 Å². The van der Waals surface area contributed by atoms with Crippen LogP contribution in [0.2, 0.25) is 0 Å². The number of amides is 2. The SMILES string of the molecule is CNC(=O)C1COCCN1C(=O)c1ccc(I)cc1. The smallest absolute Gasteiger partial charge is 0.254 e. The summed E-state index contributed by atoms with van der Waals surface area (Å²) in [5.74, 6) is -0.327. The summed E-state index contributed by atoms with van der Waals surface area (Å²) in [6.07, 6.45) is 0. The van der Waals surface area contributed by atoms with Gasteiger partial charge in [0.25, 0.3) is 5.91 Å². The predicted molar refractivity (Wildman–Crippen MR) is 78.9 cm³/mol. The Labute approximate surface area is 125 Å². The summed E-state index contributed by atoms with van der Waals surface area (Å²) < 4.78 is 6.35. The van der Waals surface area contributed by atoms with Gasteiger partial charge in [-0.05, 0) is 46.9 Å². The van der Waals surface area contributed by atoms with Crippen molar-refractivity contribution in [2.75, 3.05) is 26.8 Å². The van der Waals surface area contributed by atoms with Crippen LogP contribution in [-0.4, -0.2) is 49.6 Å². The van der Waals surface area contributed by atoms with Crippen LogP contribution in [0.3, 0.4) is 0 Å². The lowest BCUT2D eigenvalue weighted by Crippen LogP contribution is -2.55. The number of hydrogen-bond acceptors (Lipinski definition) is 3. The molecule has 5 nitrogen and oxygen atoms in total. The molecular formula is C13H15IN2O3. The average Bonchev–Trinajstić information content (AvgIpc) is 2.46. The zero-order valence-electron chi connectivity index (χ0n) is 10.6. The van der Waals surface area contributed by atoms with E-state index in [0.717, 1.165) is 3.57 Å². The van der Waals surface area contributed by atoms with E-state index in [2.05, 4.69) is 27.9 Å². The van der Waals surface area contributed by atoms with Crippen LogP contribution < -0.4 is 5.32 Å². The molecule has 0 bridgehead atoms. The van der Waals surface area contributed by atoms with E-state index in [1.807, 2.05) is 12.1 Å². The van der Waals surface area contributed by atoms with Gasteiger partial charge >= 0.3 is 0 Å². The first-order valence-corrected chi connectivity index (χ1v) is 7.07. The summed E-state index contributed by atoms with van der Waals surface area (Å²) in [6.45, 7) is 1.14. The number of rotatable bonds is 2. The molecule has 1 atom stereocenters. The number of nitrogens with zero attached hydrogens (tertiary/aromatic N) is 1. The third kappa shape index (κ3) is 3.24. The average molecular weight is 374 g/mol. The number of carbonyl (C=O) groups is 2. The van der Waals surface area contributed by atoms with E-state index in [4.69, 9.17) is 4.74 Å². The number of likely N-dealkylation sites (N-methyl/N-ethyl adjacent to an activating group) is 1. The lowest BCUT2D eigenvalue weighted by atomic mass is 10.1. The maximum atomic E-state index is 12.4. The van der Waals surface area contributed by atoms with E-state index in [1.54, 1.807) is 24.1 Å². The minimum Gasteiger partial charge on any atom is -0.377 e. The predicted octanol–water partition coefficient (Wildman–Crippen LogP) is 0.878. The highest BCUT2D eigenvalue weighted by molar-refractivity contribution is 14.1. The van der Waals surface area contributed by atoms with Gasteiger partial charge < -0.3 is 15.0 Å². The van der Waals surface area contributed by atoms with Crippen LogP contribution in [-0.2, 0) is 9.53 Å². The lowest BCUT2D eigenvalue weighted by Gasteiger charge is -2.34. The largest absolute Gasteiger partial charge is 0.377 e. The normalized spacial score (nSPS) is 19.1. The van der Waals surface area contributed by atoms with Crippen LogP contribution in [0.5, 0.6) is 0 Å². The van der Waals surface area contributed by atoms with Gasteiger partial charge in [0.1, 0.15) is 6.04 Å². The fourth-order valence-corrected chi connectivity index (χ4v) is 2.35. The van der Waals surface area contributed by atoms with Crippen LogP contribution in [0.15, 0.2) is 24.3 Å². The minimum atomic E-state index is -0.550. The van der Waals surface area contributed by atoms with Gasteiger partial charge in [-0.1, -0.05) is 0 Å². The molecule has 1 saturated heterocycles. The highest BCUT2D eigenvalue weighted by Crippen LogP contribution is 2.14. The molecular weight excluding hydrogens is 359 g/mol. The lowest BCUT2D eigenvalue weighted by molar-refractivity contribution is -0.130. The van der Waals surface area contributed by atoms with Crippen LogP contribution in [0.25, 0.3) is 0 Å². The van der Waals surface area contributed by atoms with Crippen molar-refractivity contribution in [3.8, 4) is 0 Å². The Balaban J connectivity index is 2.20. The number of carbonyl (C=O) groups excluding carboxylic acids is 2. The van der Waals surface area contributed by atoms with Crippen molar-refractivity contribution in [2.24, 2.45) is 0 Å². The zero-order valence-corrected chi connectivity index (χ0v) is 12.7. The van der Waals surface area contributed by atoms with Crippen molar-refractivity contribution in [2.45, 2.75) is 6.04 Å². The second kappa shape index (κ2) is 6.33. The number of ether oxygens (including phenoxy) is 1. The molecule has 1 aliphatic rings. The molecule has 0 aromatic heterocycles. The first-order valence-electron chi connectivity index (χ1n) is 5.99. The molecule has 1 aromatic carbocycles. The van der Waals surface area contributed by atoms with E-state index in [-0.39, 0.29) is 18.4 Å². The highest BCUT2D eigenvalue weighted by Gasteiger charge is 2.32. The van der Waals surface area contributed by atoms with E-state index in [0.29, 0.717) is 18.7 Å². The summed E-state index contributed by atoms with van der Waals surface area (Å²) in [4.78, 5) is 25.8. The molecule has 1 aromatic rings. The minimum absolute atomic E-state index is 0.131. The molecule has 6 heteroatoms. The van der Waals surface area contributed by atoms with Gasteiger partial charge in [0.2, 0.25) is 5.91 Å². The maximum Gasteiger partial charge on any atom is 0.254 e. The Morgan fingerprint density at radius 1 is 1.37 bits per heavy atom. The molecule has 0 radical (unpaired) electrons. The molecule has 19 heavy (non-hydrogen) atoms. The molecule has 2 amide bonds. The topological polar surface area (TPSA) is 58.6 Å².